The molecule has 0 fully saturated rings. The molecule has 0 heterocycles. The van der Waals surface area contributed by atoms with E-state index in [9.17, 15) is 4.79 Å². The first-order valence-corrected chi connectivity index (χ1v) is 11.0. The van der Waals surface area contributed by atoms with E-state index in [0.29, 0.717) is 5.56 Å². The first-order chi connectivity index (χ1) is 15.6. The summed E-state index contributed by atoms with van der Waals surface area (Å²) in [6.45, 7) is 3.94. The fraction of sp³-hybridized carbons (Fsp3) is 0.100. The van der Waals surface area contributed by atoms with Crippen molar-refractivity contribution in [2.24, 2.45) is 0 Å². The quantitative estimate of drug-likeness (QED) is 0.303. The molecule has 1 amide bonds. The van der Waals surface area contributed by atoms with Gasteiger partial charge in [-0.1, -0.05) is 91.0 Å². The smallest absolute Gasteiger partial charge is 0.251 e. The van der Waals surface area contributed by atoms with Crippen LogP contribution in [0.2, 0.25) is 0 Å². The summed E-state index contributed by atoms with van der Waals surface area (Å²) in [4.78, 5) is 12.4. The third-order valence-corrected chi connectivity index (χ3v) is 5.85. The number of carbonyl (C=O) groups excluding carboxylic acids is 1. The molecule has 32 heavy (non-hydrogen) atoms. The minimum atomic E-state index is -0.0410. The van der Waals surface area contributed by atoms with Crippen molar-refractivity contribution in [1.82, 2.24) is 5.32 Å². The average molecular weight is 416 g/mol. The largest absolute Gasteiger partial charge is 0.350 e. The van der Waals surface area contributed by atoms with Crippen LogP contribution in [-0.2, 0) is 0 Å². The molecule has 0 unspecified atom stereocenters. The van der Waals surface area contributed by atoms with E-state index in [1.165, 1.54) is 38.2 Å². The lowest BCUT2D eigenvalue weighted by Crippen LogP contribution is -2.29. The minimum Gasteiger partial charge on any atom is -0.350 e. The highest BCUT2D eigenvalue weighted by Crippen LogP contribution is 2.43. The molecule has 0 bridgehead atoms. The molecule has 2 heteroatoms. The molecular weight excluding hydrogens is 390 g/mol. The third-order valence-electron chi connectivity index (χ3n) is 5.85. The van der Waals surface area contributed by atoms with Gasteiger partial charge < -0.3 is 5.32 Å². The number of rotatable bonds is 4. The summed E-state index contributed by atoms with van der Waals surface area (Å²) in [5, 5.41) is 7.85. The van der Waals surface area contributed by atoms with Crippen LogP contribution in [0.4, 0.5) is 0 Å². The lowest BCUT2D eigenvalue weighted by atomic mass is 9.86. The molecule has 0 aromatic heterocycles. The first-order valence-electron chi connectivity index (χ1n) is 11.0. The molecule has 5 aromatic carbocycles. The molecule has 2 nitrogen and oxygen atoms in total. The zero-order valence-corrected chi connectivity index (χ0v) is 18.3. The molecule has 0 aliphatic heterocycles. The minimum absolute atomic E-state index is 0.0410. The summed E-state index contributed by atoms with van der Waals surface area (Å²) in [6, 6.07) is 35.9. The maximum absolute atomic E-state index is 12.4. The van der Waals surface area contributed by atoms with E-state index < -0.39 is 0 Å². The first kappa shape index (κ1) is 20.0. The number of amides is 1. The van der Waals surface area contributed by atoms with Gasteiger partial charge in [0.15, 0.2) is 0 Å². The Morgan fingerprint density at radius 1 is 0.562 bits per heavy atom. The zero-order valence-electron chi connectivity index (χ0n) is 18.3. The summed E-state index contributed by atoms with van der Waals surface area (Å²) in [5.74, 6) is -0.0410. The van der Waals surface area contributed by atoms with E-state index in [1.807, 2.05) is 26.0 Å². The summed E-state index contributed by atoms with van der Waals surface area (Å²) in [7, 11) is 0. The summed E-state index contributed by atoms with van der Waals surface area (Å²) in [6.07, 6.45) is 0. The molecule has 0 atom stereocenters. The van der Waals surface area contributed by atoms with Crippen molar-refractivity contribution in [1.29, 1.82) is 0 Å². The summed E-state index contributed by atoms with van der Waals surface area (Å²) >= 11 is 0. The van der Waals surface area contributed by atoms with Crippen molar-refractivity contribution in [3.05, 3.63) is 109 Å². The molecule has 5 rings (SSSR count). The van der Waals surface area contributed by atoms with Crippen LogP contribution < -0.4 is 5.32 Å². The highest BCUT2D eigenvalue weighted by Gasteiger charge is 2.16. The number of hydrogen-bond acceptors (Lipinski definition) is 1. The second-order valence-electron chi connectivity index (χ2n) is 8.41. The van der Waals surface area contributed by atoms with Crippen molar-refractivity contribution in [2.75, 3.05) is 0 Å². The summed E-state index contributed by atoms with van der Waals surface area (Å²) in [5.41, 5.74) is 5.46. The highest BCUT2D eigenvalue weighted by molar-refractivity contribution is 6.21. The fourth-order valence-corrected chi connectivity index (χ4v) is 4.49. The number of carbonyl (C=O) groups is 1. The van der Waals surface area contributed by atoms with E-state index in [1.54, 1.807) is 0 Å². The van der Waals surface area contributed by atoms with Crippen LogP contribution in [0.5, 0.6) is 0 Å². The SMILES string of the molecule is CC(C)NC(=O)c1ccc(-c2c3ccccc3c(-c3ccccc3)c3ccccc23)cc1. The van der Waals surface area contributed by atoms with Crippen molar-refractivity contribution in [2.45, 2.75) is 19.9 Å². The second kappa shape index (κ2) is 8.32. The van der Waals surface area contributed by atoms with Gasteiger partial charge >= 0.3 is 0 Å². The van der Waals surface area contributed by atoms with Gasteiger partial charge in [0, 0.05) is 11.6 Å². The predicted molar refractivity (Wildman–Crippen MR) is 135 cm³/mol. The normalized spacial score (nSPS) is 11.2. The van der Waals surface area contributed by atoms with Gasteiger partial charge in [0.2, 0.25) is 0 Å². The van der Waals surface area contributed by atoms with Crippen molar-refractivity contribution < 1.29 is 4.79 Å². The molecule has 0 aliphatic carbocycles. The second-order valence-corrected chi connectivity index (χ2v) is 8.41. The van der Waals surface area contributed by atoms with Gasteiger partial charge in [0.25, 0.3) is 5.91 Å². The Balaban J connectivity index is 1.77. The molecule has 0 spiro atoms. The van der Waals surface area contributed by atoms with Crippen LogP contribution in [0.1, 0.15) is 24.2 Å². The monoisotopic (exact) mass is 415 g/mol. The van der Waals surface area contributed by atoms with E-state index >= 15 is 0 Å². The third kappa shape index (κ3) is 3.54. The number of fused-ring (bicyclic) bond motifs is 2. The number of hydrogen-bond donors (Lipinski definition) is 1. The van der Waals surface area contributed by atoms with Crippen molar-refractivity contribution in [3.8, 4) is 22.3 Å². The lowest BCUT2D eigenvalue weighted by molar-refractivity contribution is 0.0943. The Morgan fingerprint density at radius 3 is 1.41 bits per heavy atom. The number of benzene rings is 5. The molecular formula is C30H25NO. The standard InChI is InChI=1S/C30H25NO/c1-20(2)31-30(32)23-18-16-22(17-19-23)29-26-14-8-6-12-24(26)28(21-10-4-3-5-11-21)25-13-7-9-15-27(25)29/h3-20H,1-2H3,(H,31,32). The molecule has 5 aromatic rings. The molecule has 1 N–H and O–H groups in total. The Labute approximate surface area is 188 Å². The zero-order chi connectivity index (χ0) is 22.1. The van der Waals surface area contributed by atoms with E-state index in [2.05, 4.69) is 96.3 Å². The van der Waals surface area contributed by atoms with Crippen LogP contribution in [0.3, 0.4) is 0 Å². The molecule has 0 radical (unpaired) electrons. The van der Waals surface area contributed by atoms with Gasteiger partial charge in [-0.25, -0.2) is 0 Å². The van der Waals surface area contributed by atoms with Gasteiger partial charge in [-0.3, -0.25) is 4.79 Å². The maximum Gasteiger partial charge on any atom is 0.251 e. The Bertz CT molecular complexity index is 1360. The molecule has 0 saturated heterocycles. The topological polar surface area (TPSA) is 29.1 Å². The van der Waals surface area contributed by atoms with Gasteiger partial charge in [-0.05, 0) is 69.8 Å². The molecule has 0 aliphatic rings. The predicted octanol–water partition coefficient (Wildman–Crippen LogP) is 7.47. The fourth-order valence-electron chi connectivity index (χ4n) is 4.49. The van der Waals surface area contributed by atoms with Crippen LogP contribution in [-0.4, -0.2) is 11.9 Å². The van der Waals surface area contributed by atoms with E-state index in [0.717, 1.165) is 5.56 Å². The Morgan fingerprint density at radius 2 is 0.969 bits per heavy atom. The van der Waals surface area contributed by atoms with Gasteiger partial charge in [0.05, 0.1) is 0 Å². The van der Waals surface area contributed by atoms with Crippen LogP contribution >= 0.6 is 0 Å². The van der Waals surface area contributed by atoms with Crippen LogP contribution in [0.25, 0.3) is 43.8 Å². The molecule has 0 saturated carbocycles. The Hall–Kier alpha value is -3.91. The van der Waals surface area contributed by atoms with E-state index in [4.69, 9.17) is 0 Å². The highest BCUT2D eigenvalue weighted by atomic mass is 16.1. The van der Waals surface area contributed by atoms with Crippen molar-refractivity contribution in [3.63, 3.8) is 0 Å². The van der Waals surface area contributed by atoms with Crippen LogP contribution in [0, 0.1) is 0 Å². The Kier molecular flexibility index (Phi) is 5.20. The lowest BCUT2D eigenvalue weighted by Gasteiger charge is -2.18. The van der Waals surface area contributed by atoms with Gasteiger partial charge in [-0.2, -0.15) is 0 Å². The van der Waals surface area contributed by atoms with E-state index in [-0.39, 0.29) is 11.9 Å². The summed E-state index contributed by atoms with van der Waals surface area (Å²) < 4.78 is 0. The van der Waals surface area contributed by atoms with Crippen molar-refractivity contribution >= 4 is 27.5 Å². The molecule has 156 valence electrons. The average Bonchev–Trinajstić information content (AvgIpc) is 2.82. The van der Waals surface area contributed by atoms with Gasteiger partial charge in [0.1, 0.15) is 0 Å². The van der Waals surface area contributed by atoms with Crippen LogP contribution in [0.15, 0.2) is 103 Å². The number of nitrogens with one attached hydrogen (secondary N) is 1. The maximum atomic E-state index is 12.4. The van der Waals surface area contributed by atoms with Gasteiger partial charge in [-0.15, -0.1) is 0 Å².